The summed E-state index contributed by atoms with van der Waals surface area (Å²) in [6.45, 7) is 0.944. The predicted octanol–water partition coefficient (Wildman–Crippen LogP) is 1.65. The quantitative estimate of drug-likeness (QED) is 0.337. The van der Waals surface area contributed by atoms with Crippen LogP contribution in [0.1, 0.15) is 12.0 Å². The van der Waals surface area contributed by atoms with Gasteiger partial charge in [0, 0.05) is 37.3 Å². The molecule has 2 aromatic carbocycles. The van der Waals surface area contributed by atoms with Gasteiger partial charge in [0.25, 0.3) is 0 Å². The molecule has 1 aliphatic heterocycles. The van der Waals surface area contributed by atoms with Crippen molar-refractivity contribution in [1.82, 2.24) is 15.2 Å². The normalized spacial score (nSPS) is 17.2. The van der Waals surface area contributed by atoms with Crippen LogP contribution in [0.4, 0.5) is 10.1 Å². The number of likely N-dealkylation sites (tertiary alicyclic amines) is 1. The zero-order valence-electron chi connectivity index (χ0n) is 21.1. The van der Waals surface area contributed by atoms with Crippen LogP contribution in [0.3, 0.4) is 0 Å². The second-order valence-electron chi connectivity index (χ2n) is 9.52. The van der Waals surface area contributed by atoms with Crippen molar-refractivity contribution in [1.29, 1.82) is 0 Å². The number of para-hydroxylation sites is 1. The minimum atomic E-state index is -0.388. The first kappa shape index (κ1) is 27.0. The van der Waals surface area contributed by atoms with Gasteiger partial charge in [-0.1, -0.05) is 30.3 Å². The molecule has 2 unspecified atom stereocenters. The van der Waals surface area contributed by atoms with E-state index >= 15 is 0 Å². The number of halogens is 1. The zero-order valence-corrected chi connectivity index (χ0v) is 21.1. The lowest BCUT2D eigenvalue weighted by atomic mass is 10.0. The number of rotatable bonds is 9. The smallest absolute Gasteiger partial charge is 0.242 e. The van der Waals surface area contributed by atoms with Gasteiger partial charge in [-0.2, -0.15) is 0 Å². The van der Waals surface area contributed by atoms with Crippen LogP contribution in [0.5, 0.6) is 5.75 Å². The van der Waals surface area contributed by atoms with Gasteiger partial charge in [-0.05, 0) is 48.7 Å². The molecular weight excluding hydrogens is 487 g/mol. The number of pyridine rings is 1. The molecule has 0 saturated carbocycles. The maximum absolute atomic E-state index is 14.2. The Balaban J connectivity index is 1.47. The van der Waals surface area contributed by atoms with Crippen LogP contribution >= 0.6 is 0 Å². The van der Waals surface area contributed by atoms with E-state index in [0.717, 1.165) is 5.56 Å². The fourth-order valence-electron chi connectivity index (χ4n) is 4.57. The van der Waals surface area contributed by atoms with Crippen LogP contribution in [0, 0.1) is 5.82 Å². The summed E-state index contributed by atoms with van der Waals surface area (Å²) in [5.41, 5.74) is 14.2. The third kappa shape index (κ3) is 7.05. The minimum Gasteiger partial charge on any atom is -0.508 e. The second-order valence-corrected chi connectivity index (χ2v) is 9.52. The molecule has 2 amide bonds. The van der Waals surface area contributed by atoms with Crippen molar-refractivity contribution in [2.75, 3.05) is 37.6 Å². The van der Waals surface area contributed by atoms with Crippen LogP contribution < -0.4 is 21.7 Å². The van der Waals surface area contributed by atoms with Crippen molar-refractivity contribution in [2.24, 2.45) is 11.5 Å². The Kier molecular flexibility index (Phi) is 8.88. The number of phenolic OH excluding ortho intramolecular Hbond substituents is 1. The number of nitrogens with zero attached hydrogens (tertiary/aromatic N) is 3. The highest BCUT2D eigenvalue weighted by atomic mass is 19.1. The molecule has 0 bridgehead atoms. The first-order valence-corrected chi connectivity index (χ1v) is 12.6. The fourth-order valence-corrected chi connectivity index (χ4v) is 4.57. The molecule has 1 fully saturated rings. The number of benzene rings is 2. The predicted molar refractivity (Wildman–Crippen MR) is 144 cm³/mol. The number of carbonyl (C=O) groups is 2. The van der Waals surface area contributed by atoms with E-state index in [1.54, 1.807) is 58.3 Å². The summed E-state index contributed by atoms with van der Waals surface area (Å²) < 4.78 is 14.2. The van der Waals surface area contributed by atoms with Crippen LogP contribution in [0.25, 0.3) is 11.3 Å². The largest absolute Gasteiger partial charge is 0.508 e. The monoisotopic (exact) mass is 520 g/mol. The molecule has 9 nitrogen and oxygen atoms in total. The highest BCUT2D eigenvalue weighted by Crippen LogP contribution is 2.23. The SMILES string of the molecule is NC1CC(N)CN(C(=O)CN(CC(=O)NCCc2ccccc2O)c2ccc(-c3ccccc3F)nc2)C1. The van der Waals surface area contributed by atoms with E-state index in [9.17, 15) is 19.1 Å². The van der Waals surface area contributed by atoms with Crippen LogP contribution in [0.2, 0.25) is 0 Å². The van der Waals surface area contributed by atoms with Gasteiger partial charge in [0.05, 0.1) is 30.7 Å². The van der Waals surface area contributed by atoms with E-state index < -0.39 is 0 Å². The van der Waals surface area contributed by atoms with E-state index in [2.05, 4.69) is 10.3 Å². The maximum Gasteiger partial charge on any atom is 0.242 e. The molecule has 1 saturated heterocycles. The number of aromatic nitrogens is 1. The molecule has 3 aromatic rings. The Morgan fingerprint density at radius 3 is 2.42 bits per heavy atom. The molecule has 2 atom stereocenters. The summed E-state index contributed by atoms with van der Waals surface area (Å²) >= 11 is 0. The lowest BCUT2D eigenvalue weighted by molar-refractivity contribution is -0.131. The number of hydrogen-bond donors (Lipinski definition) is 4. The molecular formula is C28H33FN6O3. The molecule has 1 aliphatic rings. The summed E-state index contributed by atoms with van der Waals surface area (Å²) in [4.78, 5) is 33.7. The highest BCUT2D eigenvalue weighted by molar-refractivity contribution is 5.86. The van der Waals surface area contributed by atoms with Crippen molar-refractivity contribution in [3.8, 4) is 17.0 Å². The number of nitrogens with two attached hydrogens (primary N) is 2. The van der Waals surface area contributed by atoms with E-state index in [1.807, 2.05) is 6.07 Å². The molecule has 6 N–H and O–H groups in total. The van der Waals surface area contributed by atoms with Gasteiger partial charge >= 0.3 is 0 Å². The van der Waals surface area contributed by atoms with E-state index in [-0.39, 0.29) is 48.6 Å². The van der Waals surface area contributed by atoms with E-state index in [0.29, 0.717) is 49.4 Å². The number of piperidine rings is 1. The molecule has 4 rings (SSSR count). The van der Waals surface area contributed by atoms with Crippen LogP contribution in [0.15, 0.2) is 66.9 Å². The third-order valence-corrected chi connectivity index (χ3v) is 6.50. The Hall–Kier alpha value is -4.02. The summed E-state index contributed by atoms with van der Waals surface area (Å²) in [5, 5.41) is 12.8. The zero-order chi connectivity index (χ0) is 27.1. The number of aromatic hydroxyl groups is 1. The number of anilines is 1. The van der Waals surface area contributed by atoms with Crippen molar-refractivity contribution in [2.45, 2.75) is 24.9 Å². The topological polar surface area (TPSA) is 138 Å². The van der Waals surface area contributed by atoms with Gasteiger partial charge < -0.3 is 31.7 Å². The van der Waals surface area contributed by atoms with Crippen LogP contribution in [-0.2, 0) is 16.0 Å². The minimum absolute atomic E-state index is 0.0763. The summed E-state index contributed by atoms with van der Waals surface area (Å²) in [6, 6.07) is 16.3. The van der Waals surface area contributed by atoms with Crippen molar-refractivity contribution < 1.29 is 19.1 Å². The molecule has 1 aromatic heterocycles. The van der Waals surface area contributed by atoms with Gasteiger partial charge in [-0.3, -0.25) is 14.6 Å². The number of hydrogen-bond acceptors (Lipinski definition) is 7. The van der Waals surface area contributed by atoms with Gasteiger partial charge in [-0.25, -0.2) is 4.39 Å². The lowest BCUT2D eigenvalue weighted by Crippen LogP contribution is -2.56. The van der Waals surface area contributed by atoms with Gasteiger partial charge in [0.2, 0.25) is 11.8 Å². The number of amides is 2. The third-order valence-electron chi connectivity index (χ3n) is 6.50. The van der Waals surface area contributed by atoms with E-state index in [4.69, 9.17) is 11.5 Å². The molecule has 10 heteroatoms. The van der Waals surface area contributed by atoms with E-state index in [1.165, 1.54) is 12.3 Å². The first-order valence-electron chi connectivity index (χ1n) is 12.6. The average molecular weight is 521 g/mol. The standard InChI is InChI=1S/C28H33FN6O3/c29-24-7-3-2-6-23(24)25-10-9-22(14-33-25)34(18-28(38)35-15-20(30)13-21(31)16-35)17-27(37)32-12-11-19-5-1-4-8-26(19)36/h1-10,14,20-21,36H,11-13,15-18,30-31H2,(H,32,37). The van der Waals surface area contributed by atoms with Gasteiger partial charge in [0.1, 0.15) is 11.6 Å². The second kappa shape index (κ2) is 12.5. The Morgan fingerprint density at radius 1 is 1.03 bits per heavy atom. The maximum atomic E-state index is 14.2. The number of carbonyl (C=O) groups excluding carboxylic acids is 2. The Labute approximate surface area is 221 Å². The summed E-state index contributed by atoms with van der Waals surface area (Å²) in [6.07, 6.45) is 2.63. The van der Waals surface area contributed by atoms with Crippen LogP contribution in [-0.4, -0.2) is 71.6 Å². The molecule has 0 radical (unpaired) electrons. The summed E-state index contributed by atoms with van der Waals surface area (Å²) in [7, 11) is 0. The molecule has 200 valence electrons. The first-order chi connectivity index (χ1) is 18.3. The molecule has 38 heavy (non-hydrogen) atoms. The molecule has 0 spiro atoms. The number of nitrogens with one attached hydrogen (secondary N) is 1. The summed E-state index contributed by atoms with van der Waals surface area (Å²) in [5.74, 6) is -0.705. The lowest BCUT2D eigenvalue weighted by Gasteiger charge is -2.36. The van der Waals surface area contributed by atoms with Gasteiger partial charge in [0.15, 0.2) is 0 Å². The number of phenols is 1. The van der Waals surface area contributed by atoms with Gasteiger partial charge in [-0.15, -0.1) is 0 Å². The van der Waals surface area contributed by atoms with Crippen molar-refractivity contribution in [3.05, 3.63) is 78.2 Å². The Bertz CT molecular complexity index is 1250. The average Bonchev–Trinajstić information content (AvgIpc) is 2.89. The van der Waals surface area contributed by atoms with Crippen molar-refractivity contribution in [3.63, 3.8) is 0 Å². The fraction of sp³-hybridized carbons (Fsp3) is 0.321. The Morgan fingerprint density at radius 2 is 1.74 bits per heavy atom. The highest BCUT2D eigenvalue weighted by Gasteiger charge is 2.28. The molecule has 2 heterocycles. The van der Waals surface area contributed by atoms with Crippen molar-refractivity contribution >= 4 is 17.5 Å². The molecule has 0 aliphatic carbocycles.